The largest absolute Gasteiger partial charge is 0.355 e. The van der Waals surface area contributed by atoms with Crippen molar-refractivity contribution in [1.82, 2.24) is 10.2 Å². The molecule has 4 rings (SSSR count). The summed E-state index contributed by atoms with van der Waals surface area (Å²) in [7, 11) is 0. The molecule has 3 aromatic carbocycles. The molecule has 0 radical (unpaired) electrons. The number of nitrogens with zero attached hydrogens (tertiary/aromatic N) is 2. The average molecular weight is 430 g/mol. The summed E-state index contributed by atoms with van der Waals surface area (Å²) >= 11 is 0. The molecule has 1 heterocycles. The van der Waals surface area contributed by atoms with Gasteiger partial charge in [0.15, 0.2) is 0 Å². The van der Waals surface area contributed by atoms with Gasteiger partial charge in [0.25, 0.3) is 5.91 Å². The number of benzene rings is 3. The van der Waals surface area contributed by atoms with Gasteiger partial charge in [-0.1, -0.05) is 48.5 Å². The van der Waals surface area contributed by atoms with Crippen LogP contribution >= 0.6 is 0 Å². The number of rotatable bonds is 7. The van der Waals surface area contributed by atoms with Crippen LogP contribution in [0.15, 0.2) is 60.7 Å². The molecule has 3 aromatic rings. The van der Waals surface area contributed by atoms with Crippen molar-refractivity contribution >= 4 is 34.2 Å². The molecule has 0 saturated carbocycles. The van der Waals surface area contributed by atoms with Crippen molar-refractivity contribution in [2.75, 3.05) is 18.0 Å². The molecule has 0 saturated heterocycles. The van der Waals surface area contributed by atoms with E-state index in [9.17, 15) is 14.4 Å². The van der Waals surface area contributed by atoms with Crippen LogP contribution in [0.1, 0.15) is 35.3 Å². The Kier molecular flexibility index (Phi) is 5.95. The Hall–Kier alpha value is -3.67. The van der Waals surface area contributed by atoms with Crippen molar-refractivity contribution in [2.24, 2.45) is 0 Å². The summed E-state index contributed by atoms with van der Waals surface area (Å²) in [5.74, 6) is -0.676. The summed E-state index contributed by atoms with van der Waals surface area (Å²) in [5.41, 5.74) is 3.35. The second-order valence-electron chi connectivity index (χ2n) is 8.09. The van der Waals surface area contributed by atoms with Crippen LogP contribution in [0.5, 0.6) is 0 Å². The molecule has 6 nitrogen and oxygen atoms in total. The van der Waals surface area contributed by atoms with E-state index in [1.165, 1.54) is 4.90 Å². The maximum Gasteiger partial charge on any atom is 0.259 e. The molecule has 0 aromatic heterocycles. The molecule has 0 fully saturated rings. The van der Waals surface area contributed by atoms with E-state index in [4.69, 9.17) is 0 Å². The maximum atomic E-state index is 13.5. The second-order valence-corrected chi connectivity index (χ2v) is 8.09. The lowest BCUT2D eigenvalue weighted by Gasteiger charge is -2.31. The minimum Gasteiger partial charge on any atom is -0.355 e. The van der Waals surface area contributed by atoms with Crippen LogP contribution < -0.4 is 10.2 Å². The SMILES string of the molecule is CCNC(=O)C(C)N(Cc1ccccc1C)C(=O)CN1C(=O)c2cccc3cccc1c23. The number of amides is 3. The predicted octanol–water partition coefficient (Wildman–Crippen LogP) is 3.66. The highest BCUT2D eigenvalue weighted by Crippen LogP contribution is 2.37. The van der Waals surface area contributed by atoms with Crippen molar-refractivity contribution in [2.45, 2.75) is 33.4 Å². The van der Waals surface area contributed by atoms with Crippen LogP contribution in [-0.4, -0.2) is 41.8 Å². The first-order valence-electron chi connectivity index (χ1n) is 10.9. The van der Waals surface area contributed by atoms with Crippen molar-refractivity contribution < 1.29 is 14.4 Å². The molecular weight excluding hydrogens is 402 g/mol. The summed E-state index contributed by atoms with van der Waals surface area (Å²) < 4.78 is 0. The lowest BCUT2D eigenvalue weighted by Crippen LogP contribution is -2.51. The monoisotopic (exact) mass is 429 g/mol. The Morgan fingerprint density at radius 3 is 2.47 bits per heavy atom. The number of likely N-dealkylation sites (N-methyl/N-ethyl adjacent to an activating group) is 1. The first-order valence-corrected chi connectivity index (χ1v) is 10.9. The van der Waals surface area contributed by atoms with E-state index in [0.29, 0.717) is 18.7 Å². The van der Waals surface area contributed by atoms with Crippen LogP contribution in [0.2, 0.25) is 0 Å². The summed E-state index contributed by atoms with van der Waals surface area (Å²) in [4.78, 5) is 42.4. The van der Waals surface area contributed by atoms with Crippen LogP contribution in [-0.2, 0) is 16.1 Å². The topological polar surface area (TPSA) is 69.7 Å². The van der Waals surface area contributed by atoms with Gasteiger partial charge in [-0.2, -0.15) is 0 Å². The molecule has 0 spiro atoms. The van der Waals surface area contributed by atoms with E-state index in [1.807, 2.05) is 68.4 Å². The first kappa shape index (κ1) is 21.6. The number of nitrogens with one attached hydrogen (secondary N) is 1. The van der Waals surface area contributed by atoms with Gasteiger partial charge in [0.2, 0.25) is 11.8 Å². The van der Waals surface area contributed by atoms with Crippen molar-refractivity contribution in [3.63, 3.8) is 0 Å². The van der Waals surface area contributed by atoms with Crippen LogP contribution in [0.4, 0.5) is 5.69 Å². The predicted molar refractivity (Wildman–Crippen MR) is 125 cm³/mol. The van der Waals surface area contributed by atoms with E-state index >= 15 is 0 Å². The van der Waals surface area contributed by atoms with E-state index in [0.717, 1.165) is 27.6 Å². The maximum absolute atomic E-state index is 13.5. The standard InChI is InChI=1S/C26H27N3O3/c1-4-27-25(31)18(3)28(15-20-10-6-5-9-17(20)2)23(30)16-29-22-14-8-12-19-11-7-13-21(24(19)22)26(29)32/h5-14,18H,4,15-16H2,1-3H3,(H,27,31). The average Bonchev–Trinajstić information content (AvgIpc) is 3.06. The fourth-order valence-electron chi connectivity index (χ4n) is 4.24. The number of carbonyl (C=O) groups is 3. The molecule has 3 amide bonds. The lowest BCUT2D eigenvalue weighted by molar-refractivity contribution is -0.139. The smallest absolute Gasteiger partial charge is 0.259 e. The quantitative estimate of drug-likeness (QED) is 0.623. The van der Waals surface area contributed by atoms with Crippen molar-refractivity contribution in [1.29, 1.82) is 0 Å². The van der Waals surface area contributed by atoms with E-state index < -0.39 is 6.04 Å². The lowest BCUT2D eigenvalue weighted by atomic mass is 10.1. The molecule has 1 atom stereocenters. The molecule has 0 aliphatic carbocycles. The summed E-state index contributed by atoms with van der Waals surface area (Å²) in [6, 6.07) is 18.5. The molecule has 1 unspecified atom stereocenters. The Labute approximate surface area is 187 Å². The Bertz CT molecular complexity index is 1200. The van der Waals surface area contributed by atoms with E-state index in [1.54, 1.807) is 17.9 Å². The number of hydrogen-bond acceptors (Lipinski definition) is 3. The summed E-state index contributed by atoms with van der Waals surface area (Å²) in [5, 5.41) is 4.64. The summed E-state index contributed by atoms with van der Waals surface area (Å²) in [6.45, 7) is 6.21. The third-order valence-corrected chi connectivity index (χ3v) is 6.06. The molecule has 0 bridgehead atoms. The molecular formula is C26H27N3O3. The van der Waals surface area contributed by atoms with Crippen LogP contribution in [0.25, 0.3) is 10.8 Å². The van der Waals surface area contributed by atoms with Crippen LogP contribution in [0, 0.1) is 6.92 Å². The van der Waals surface area contributed by atoms with Crippen LogP contribution in [0.3, 0.4) is 0 Å². The minimum atomic E-state index is -0.669. The van der Waals surface area contributed by atoms with Gasteiger partial charge < -0.3 is 10.2 Å². The number of carbonyl (C=O) groups excluding carboxylic acids is 3. The molecule has 1 aliphatic heterocycles. The van der Waals surface area contributed by atoms with E-state index in [-0.39, 0.29) is 24.3 Å². The third kappa shape index (κ3) is 3.84. The van der Waals surface area contributed by atoms with Gasteiger partial charge >= 0.3 is 0 Å². The Morgan fingerprint density at radius 2 is 1.75 bits per heavy atom. The molecule has 1 N–H and O–H groups in total. The van der Waals surface area contributed by atoms with Gasteiger partial charge in [-0.3, -0.25) is 19.3 Å². The van der Waals surface area contributed by atoms with Crippen molar-refractivity contribution in [3.8, 4) is 0 Å². The van der Waals surface area contributed by atoms with Gasteiger partial charge in [0.1, 0.15) is 12.6 Å². The first-order chi connectivity index (χ1) is 15.4. The van der Waals surface area contributed by atoms with Gasteiger partial charge in [-0.05, 0) is 49.4 Å². The molecule has 1 aliphatic rings. The summed E-state index contributed by atoms with van der Waals surface area (Å²) in [6.07, 6.45) is 0. The number of aryl methyl sites for hydroxylation is 1. The fourth-order valence-corrected chi connectivity index (χ4v) is 4.24. The Balaban J connectivity index is 1.64. The highest BCUT2D eigenvalue weighted by molar-refractivity contribution is 6.26. The number of hydrogen-bond donors (Lipinski definition) is 1. The minimum absolute atomic E-state index is 0.123. The highest BCUT2D eigenvalue weighted by atomic mass is 16.2. The highest BCUT2D eigenvalue weighted by Gasteiger charge is 2.34. The normalized spacial score (nSPS) is 13.3. The fraction of sp³-hybridized carbons (Fsp3) is 0.269. The van der Waals surface area contributed by atoms with Gasteiger partial charge in [-0.15, -0.1) is 0 Å². The zero-order chi connectivity index (χ0) is 22.8. The second kappa shape index (κ2) is 8.83. The zero-order valence-electron chi connectivity index (χ0n) is 18.6. The third-order valence-electron chi connectivity index (χ3n) is 6.06. The van der Waals surface area contributed by atoms with Gasteiger partial charge in [0.05, 0.1) is 5.69 Å². The molecule has 32 heavy (non-hydrogen) atoms. The zero-order valence-corrected chi connectivity index (χ0v) is 18.6. The van der Waals surface area contributed by atoms with Gasteiger partial charge in [-0.25, -0.2) is 0 Å². The molecule has 164 valence electrons. The molecule has 6 heteroatoms. The Morgan fingerprint density at radius 1 is 1.03 bits per heavy atom. The van der Waals surface area contributed by atoms with E-state index in [2.05, 4.69) is 5.32 Å². The van der Waals surface area contributed by atoms with Gasteiger partial charge in [0, 0.05) is 24.0 Å². The number of anilines is 1. The van der Waals surface area contributed by atoms with Crippen molar-refractivity contribution in [3.05, 3.63) is 77.4 Å².